The van der Waals surface area contributed by atoms with Gasteiger partial charge < -0.3 is 14.5 Å². The van der Waals surface area contributed by atoms with E-state index in [1.807, 2.05) is 6.92 Å². The summed E-state index contributed by atoms with van der Waals surface area (Å²) in [5.41, 5.74) is 0. The van der Waals surface area contributed by atoms with Gasteiger partial charge in [-0.05, 0) is 38.3 Å². The van der Waals surface area contributed by atoms with Gasteiger partial charge in [-0.15, -0.1) is 0 Å². The average Bonchev–Trinajstić information content (AvgIpc) is 2.98. The first kappa shape index (κ1) is 15.0. The van der Waals surface area contributed by atoms with Gasteiger partial charge in [0.05, 0.1) is 18.7 Å². The predicted molar refractivity (Wildman–Crippen MR) is 77.3 cm³/mol. The molecule has 1 saturated carbocycles. The molecule has 2 atom stereocenters. The number of rotatable bonds is 6. The molecule has 3 rings (SSSR count). The molecule has 21 heavy (non-hydrogen) atoms. The molecule has 1 aromatic rings. The van der Waals surface area contributed by atoms with E-state index in [1.54, 1.807) is 13.1 Å². The van der Waals surface area contributed by atoms with E-state index in [0.29, 0.717) is 31.4 Å². The third-order valence-electron chi connectivity index (χ3n) is 4.22. The van der Waals surface area contributed by atoms with Crippen molar-refractivity contribution < 1.29 is 17.6 Å². The third-order valence-corrected chi connectivity index (χ3v) is 5.97. The number of likely N-dealkylation sites (N-methyl/N-ethyl adjacent to an activating group) is 1. The van der Waals surface area contributed by atoms with Crippen molar-refractivity contribution in [2.45, 2.75) is 56.0 Å². The van der Waals surface area contributed by atoms with E-state index < -0.39 is 10.0 Å². The Hall–Kier alpha value is -0.890. The summed E-state index contributed by atoms with van der Waals surface area (Å²) in [4.78, 5) is 0. The number of ether oxygens (including phenoxy) is 1. The highest BCUT2D eigenvalue weighted by molar-refractivity contribution is 7.89. The molecule has 7 heteroatoms. The van der Waals surface area contributed by atoms with E-state index in [9.17, 15) is 8.42 Å². The fourth-order valence-corrected chi connectivity index (χ4v) is 4.01. The van der Waals surface area contributed by atoms with E-state index in [0.717, 1.165) is 0 Å². The third kappa shape index (κ3) is 3.15. The first-order chi connectivity index (χ1) is 9.98. The van der Waals surface area contributed by atoms with Gasteiger partial charge in [-0.1, -0.05) is 0 Å². The van der Waals surface area contributed by atoms with Crippen molar-refractivity contribution in [3.63, 3.8) is 0 Å². The predicted octanol–water partition coefficient (Wildman–Crippen LogP) is 1.33. The molecule has 0 bridgehead atoms. The topological polar surface area (TPSA) is 71.8 Å². The number of hydrogen-bond donors (Lipinski definition) is 1. The lowest BCUT2D eigenvalue weighted by Gasteiger charge is -2.24. The van der Waals surface area contributed by atoms with Gasteiger partial charge in [0.2, 0.25) is 5.09 Å². The lowest BCUT2D eigenvalue weighted by molar-refractivity contribution is 0.102. The van der Waals surface area contributed by atoms with Crippen LogP contribution < -0.4 is 5.32 Å². The van der Waals surface area contributed by atoms with Crippen molar-refractivity contribution in [1.29, 1.82) is 0 Å². The maximum absolute atomic E-state index is 12.6. The largest absolute Gasteiger partial charge is 0.447 e. The van der Waals surface area contributed by atoms with E-state index >= 15 is 0 Å². The van der Waals surface area contributed by atoms with Crippen LogP contribution in [-0.2, 0) is 21.3 Å². The molecular weight excluding hydrogens is 292 g/mol. The van der Waals surface area contributed by atoms with Crippen LogP contribution >= 0.6 is 0 Å². The Bertz CT molecular complexity index is 594. The minimum absolute atomic E-state index is 0.0108. The molecule has 2 fully saturated rings. The Labute approximate surface area is 125 Å². The summed E-state index contributed by atoms with van der Waals surface area (Å²) in [5.74, 6) is 0.657. The highest BCUT2D eigenvalue weighted by Gasteiger charge is 2.36. The molecule has 118 valence electrons. The fourth-order valence-electron chi connectivity index (χ4n) is 2.64. The molecule has 1 aromatic heterocycles. The number of sulfonamides is 1. The lowest BCUT2D eigenvalue weighted by atomic mass is 10.2. The minimum atomic E-state index is -3.60. The van der Waals surface area contributed by atoms with Crippen molar-refractivity contribution in [3.8, 4) is 0 Å². The standard InChI is InChI=1S/C14H22N2O4S/c1-10-13(7-8-19-10)16(2)21(17,18)14-6-5-12(20-14)9-15-11-3-4-11/h5-6,10-11,13,15H,3-4,7-9H2,1-2H3. The van der Waals surface area contributed by atoms with Gasteiger partial charge in [-0.2, -0.15) is 4.31 Å². The Morgan fingerprint density at radius 1 is 1.33 bits per heavy atom. The van der Waals surface area contributed by atoms with Gasteiger partial charge in [-0.25, -0.2) is 8.42 Å². The van der Waals surface area contributed by atoms with E-state index in [-0.39, 0.29) is 17.2 Å². The van der Waals surface area contributed by atoms with Crippen molar-refractivity contribution in [2.75, 3.05) is 13.7 Å². The Kier molecular flexibility index (Phi) is 4.09. The quantitative estimate of drug-likeness (QED) is 0.857. The van der Waals surface area contributed by atoms with Gasteiger partial charge in [-0.3, -0.25) is 0 Å². The average molecular weight is 314 g/mol. The normalized spacial score (nSPS) is 26.6. The maximum atomic E-state index is 12.6. The van der Waals surface area contributed by atoms with Crippen LogP contribution in [0.15, 0.2) is 21.6 Å². The van der Waals surface area contributed by atoms with Crippen LogP contribution in [0.5, 0.6) is 0 Å². The van der Waals surface area contributed by atoms with Crippen molar-refractivity contribution >= 4 is 10.0 Å². The first-order valence-electron chi connectivity index (χ1n) is 7.40. The molecule has 0 spiro atoms. The number of hydrogen-bond acceptors (Lipinski definition) is 5. The summed E-state index contributed by atoms with van der Waals surface area (Å²) >= 11 is 0. The van der Waals surface area contributed by atoms with Gasteiger partial charge in [0, 0.05) is 19.7 Å². The summed E-state index contributed by atoms with van der Waals surface area (Å²) in [6.07, 6.45) is 3.01. The van der Waals surface area contributed by atoms with Crippen molar-refractivity contribution in [3.05, 3.63) is 17.9 Å². The van der Waals surface area contributed by atoms with E-state index in [4.69, 9.17) is 9.15 Å². The summed E-state index contributed by atoms with van der Waals surface area (Å²) in [7, 11) is -2.01. The van der Waals surface area contributed by atoms with Crippen LogP contribution in [-0.4, -0.2) is 44.6 Å². The van der Waals surface area contributed by atoms with Crippen LogP contribution in [0.2, 0.25) is 0 Å². The molecule has 2 unspecified atom stereocenters. The molecule has 2 heterocycles. The summed E-state index contributed by atoms with van der Waals surface area (Å²) in [6, 6.07) is 3.70. The Morgan fingerprint density at radius 2 is 2.10 bits per heavy atom. The van der Waals surface area contributed by atoms with Crippen molar-refractivity contribution in [2.24, 2.45) is 0 Å². The smallest absolute Gasteiger partial charge is 0.276 e. The zero-order valence-electron chi connectivity index (χ0n) is 12.4. The molecule has 2 aliphatic rings. The maximum Gasteiger partial charge on any atom is 0.276 e. The first-order valence-corrected chi connectivity index (χ1v) is 8.84. The second-order valence-corrected chi connectivity index (χ2v) is 7.76. The SMILES string of the molecule is CC1OCCC1N(C)S(=O)(=O)c1ccc(CNC2CC2)o1. The summed E-state index contributed by atoms with van der Waals surface area (Å²) in [6.45, 7) is 3.07. The molecule has 1 aliphatic carbocycles. The van der Waals surface area contributed by atoms with Gasteiger partial charge in [0.25, 0.3) is 10.0 Å². The molecule has 1 aliphatic heterocycles. The monoisotopic (exact) mass is 314 g/mol. The van der Waals surface area contributed by atoms with Gasteiger partial charge in [0.1, 0.15) is 5.76 Å². The molecule has 0 radical (unpaired) electrons. The van der Waals surface area contributed by atoms with Crippen molar-refractivity contribution in [1.82, 2.24) is 9.62 Å². The zero-order valence-corrected chi connectivity index (χ0v) is 13.2. The van der Waals surface area contributed by atoms with Crippen LogP contribution in [0.3, 0.4) is 0 Å². The van der Waals surface area contributed by atoms with Crippen LogP contribution in [0.25, 0.3) is 0 Å². The summed E-state index contributed by atoms with van der Waals surface area (Å²) < 4.78 is 37.5. The number of nitrogens with one attached hydrogen (secondary N) is 1. The minimum Gasteiger partial charge on any atom is -0.447 e. The van der Waals surface area contributed by atoms with E-state index in [2.05, 4.69) is 5.32 Å². The van der Waals surface area contributed by atoms with Gasteiger partial charge in [0.15, 0.2) is 0 Å². The highest BCUT2D eigenvalue weighted by atomic mass is 32.2. The van der Waals surface area contributed by atoms with Gasteiger partial charge >= 0.3 is 0 Å². The van der Waals surface area contributed by atoms with Crippen LogP contribution in [0, 0.1) is 0 Å². The lowest BCUT2D eigenvalue weighted by Crippen LogP contribution is -2.40. The number of furan rings is 1. The second-order valence-electron chi connectivity index (χ2n) is 5.83. The van der Waals surface area contributed by atoms with Crippen LogP contribution in [0.4, 0.5) is 0 Å². The summed E-state index contributed by atoms with van der Waals surface area (Å²) in [5, 5.41) is 3.32. The molecule has 1 N–H and O–H groups in total. The molecule has 1 saturated heterocycles. The molecule has 0 aromatic carbocycles. The Morgan fingerprint density at radius 3 is 2.71 bits per heavy atom. The second kappa shape index (κ2) is 5.72. The molecule has 0 amide bonds. The number of nitrogens with zero attached hydrogens (tertiary/aromatic N) is 1. The van der Waals surface area contributed by atoms with E-state index in [1.165, 1.54) is 23.2 Å². The van der Waals surface area contributed by atoms with Crippen LogP contribution in [0.1, 0.15) is 31.9 Å². The fraction of sp³-hybridized carbons (Fsp3) is 0.714. The Balaban J connectivity index is 1.71. The highest BCUT2D eigenvalue weighted by Crippen LogP contribution is 2.26. The zero-order chi connectivity index (χ0) is 15.0. The molecular formula is C14H22N2O4S. The molecule has 6 nitrogen and oxygen atoms in total.